The summed E-state index contributed by atoms with van der Waals surface area (Å²) in [6.45, 7) is 0.737. The maximum atomic E-state index is 5.94. The van der Waals surface area contributed by atoms with Gasteiger partial charge in [-0.2, -0.15) is 0 Å². The van der Waals surface area contributed by atoms with Crippen LogP contribution >= 0.6 is 35.6 Å². The summed E-state index contributed by atoms with van der Waals surface area (Å²) in [7, 11) is 0. The van der Waals surface area contributed by atoms with E-state index >= 15 is 0 Å². The Labute approximate surface area is 117 Å². The Kier molecular flexibility index (Phi) is 5.63. The number of rotatable bonds is 3. The molecular weight excluding hydrogens is 277 g/mol. The molecule has 0 unspecified atom stereocenters. The van der Waals surface area contributed by atoms with Crippen LogP contribution < -0.4 is 5.32 Å². The maximum Gasteiger partial charge on any atom is 0.0595 e. The molecule has 17 heavy (non-hydrogen) atoms. The Morgan fingerprint density at radius 1 is 0.882 bits per heavy atom. The van der Waals surface area contributed by atoms with E-state index in [0.717, 1.165) is 17.8 Å². The molecule has 0 aliphatic rings. The second-order valence-corrected chi connectivity index (χ2v) is 4.28. The monoisotopic (exact) mass is 287 g/mol. The van der Waals surface area contributed by atoms with Gasteiger partial charge in [0, 0.05) is 12.2 Å². The van der Waals surface area contributed by atoms with Crippen LogP contribution in [-0.4, -0.2) is 0 Å². The van der Waals surface area contributed by atoms with Gasteiger partial charge >= 0.3 is 0 Å². The van der Waals surface area contributed by atoms with E-state index in [-0.39, 0.29) is 12.4 Å². The molecule has 0 aromatic heterocycles. The molecule has 0 saturated heterocycles. The van der Waals surface area contributed by atoms with Crippen molar-refractivity contribution in [2.45, 2.75) is 6.54 Å². The van der Waals surface area contributed by atoms with Gasteiger partial charge in [0.05, 0.1) is 10.0 Å². The topological polar surface area (TPSA) is 12.0 Å². The molecule has 0 aliphatic carbocycles. The van der Waals surface area contributed by atoms with Crippen LogP contribution in [0.4, 0.5) is 5.69 Å². The first-order valence-corrected chi connectivity index (χ1v) is 5.74. The summed E-state index contributed by atoms with van der Waals surface area (Å²) in [4.78, 5) is 0. The molecule has 0 amide bonds. The lowest BCUT2D eigenvalue weighted by atomic mass is 10.2. The summed E-state index contributed by atoms with van der Waals surface area (Å²) >= 11 is 11.8. The van der Waals surface area contributed by atoms with E-state index in [1.807, 2.05) is 48.5 Å². The van der Waals surface area contributed by atoms with Gasteiger partial charge in [0.2, 0.25) is 0 Å². The molecule has 0 atom stereocenters. The van der Waals surface area contributed by atoms with E-state index < -0.39 is 0 Å². The molecule has 0 saturated carbocycles. The Morgan fingerprint density at radius 3 is 2.24 bits per heavy atom. The molecule has 0 fully saturated rings. The van der Waals surface area contributed by atoms with E-state index in [4.69, 9.17) is 23.2 Å². The number of para-hydroxylation sites is 1. The van der Waals surface area contributed by atoms with Crippen LogP contribution in [-0.2, 0) is 6.54 Å². The average molecular weight is 289 g/mol. The average Bonchev–Trinajstić information content (AvgIpc) is 2.32. The van der Waals surface area contributed by atoms with Gasteiger partial charge in [-0.3, -0.25) is 0 Å². The first-order valence-electron chi connectivity index (χ1n) is 4.98. The quantitative estimate of drug-likeness (QED) is 0.835. The van der Waals surface area contributed by atoms with Crippen molar-refractivity contribution in [1.29, 1.82) is 0 Å². The standard InChI is InChI=1S/C13H11Cl2N.ClH/c14-12-7-6-10(8-13(12)15)9-16-11-4-2-1-3-5-11;/h1-8,16H,9H2;1H. The minimum atomic E-state index is 0. The van der Waals surface area contributed by atoms with Crippen molar-refractivity contribution in [1.82, 2.24) is 0 Å². The number of benzene rings is 2. The Balaban J connectivity index is 0.00000144. The van der Waals surface area contributed by atoms with Crippen molar-refractivity contribution in [3.8, 4) is 0 Å². The summed E-state index contributed by atoms with van der Waals surface area (Å²) in [5.74, 6) is 0. The normalized spacial score (nSPS) is 9.53. The third kappa shape index (κ3) is 4.12. The fourth-order valence-electron chi connectivity index (χ4n) is 1.41. The van der Waals surface area contributed by atoms with Crippen molar-refractivity contribution >= 4 is 41.3 Å². The van der Waals surface area contributed by atoms with Crippen molar-refractivity contribution in [2.24, 2.45) is 0 Å². The zero-order valence-electron chi connectivity index (χ0n) is 8.99. The molecular formula is C13H12Cl3N. The predicted molar refractivity (Wildman–Crippen MR) is 77.5 cm³/mol. The third-order valence-electron chi connectivity index (χ3n) is 2.25. The van der Waals surface area contributed by atoms with Crippen molar-refractivity contribution < 1.29 is 0 Å². The van der Waals surface area contributed by atoms with E-state index in [9.17, 15) is 0 Å². The van der Waals surface area contributed by atoms with Gasteiger partial charge in [-0.25, -0.2) is 0 Å². The summed E-state index contributed by atoms with van der Waals surface area (Å²) in [5.41, 5.74) is 2.20. The second kappa shape index (κ2) is 6.75. The molecule has 2 rings (SSSR count). The van der Waals surface area contributed by atoms with Crippen LogP contribution in [0.2, 0.25) is 10.0 Å². The van der Waals surface area contributed by atoms with E-state index in [1.54, 1.807) is 0 Å². The highest BCUT2D eigenvalue weighted by Crippen LogP contribution is 2.22. The third-order valence-corrected chi connectivity index (χ3v) is 2.99. The van der Waals surface area contributed by atoms with Crippen LogP contribution in [0, 0.1) is 0 Å². The summed E-state index contributed by atoms with van der Waals surface area (Å²) in [6.07, 6.45) is 0. The molecule has 1 N–H and O–H groups in total. The first kappa shape index (κ1) is 14.2. The van der Waals surface area contributed by atoms with Crippen LogP contribution in [0.3, 0.4) is 0 Å². The van der Waals surface area contributed by atoms with E-state index in [1.165, 1.54) is 0 Å². The molecule has 90 valence electrons. The van der Waals surface area contributed by atoms with Crippen LogP contribution in [0.25, 0.3) is 0 Å². The van der Waals surface area contributed by atoms with E-state index in [0.29, 0.717) is 10.0 Å². The van der Waals surface area contributed by atoms with Gasteiger partial charge in [-0.15, -0.1) is 12.4 Å². The SMILES string of the molecule is Cl.Clc1ccc(CNc2ccccc2)cc1Cl. The molecule has 0 aliphatic heterocycles. The highest BCUT2D eigenvalue weighted by molar-refractivity contribution is 6.42. The Hall–Kier alpha value is -0.890. The number of hydrogen-bond acceptors (Lipinski definition) is 1. The minimum absolute atomic E-state index is 0. The van der Waals surface area contributed by atoms with Crippen molar-refractivity contribution in [3.05, 3.63) is 64.1 Å². The number of halogens is 3. The fourth-order valence-corrected chi connectivity index (χ4v) is 1.73. The van der Waals surface area contributed by atoms with Crippen LogP contribution in [0.5, 0.6) is 0 Å². The van der Waals surface area contributed by atoms with Gasteiger partial charge in [-0.1, -0.05) is 47.5 Å². The molecule has 0 bridgehead atoms. The lowest BCUT2D eigenvalue weighted by Crippen LogP contribution is -1.98. The molecule has 1 nitrogen and oxygen atoms in total. The summed E-state index contributed by atoms with van der Waals surface area (Å²) in [5, 5.41) is 4.49. The lowest BCUT2D eigenvalue weighted by molar-refractivity contribution is 1.15. The fraction of sp³-hybridized carbons (Fsp3) is 0.0769. The largest absolute Gasteiger partial charge is 0.381 e. The summed E-state index contributed by atoms with van der Waals surface area (Å²) < 4.78 is 0. The molecule has 0 radical (unpaired) electrons. The molecule has 4 heteroatoms. The number of anilines is 1. The number of nitrogens with one attached hydrogen (secondary N) is 1. The second-order valence-electron chi connectivity index (χ2n) is 3.47. The highest BCUT2D eigenvalue weighted by atomic mass is 35.5. The zero-order valence-corrected chi connectivity index (χ0v) is 11.3. The van der Waals surface area contributed by atoms with Gasteiger partial charge in [0.1, 0.15) is 0 Å². The van der Waals surface area contributed by atoms with Crippen molar-refractivity contribution in [2.75, 3.05) is 5.32 Å². The smallest absolute Gasteiger partial charge is 0.0595 e. The van der Waals surface area contributed by atoms with Gasteiger partial charge < -0.3 is 5.32 Å². The number of hydrogen-bond donors (Lipinski definition) is 1. The molecule has 2 aromatic carbocycles. The van der Waals surface area contributed by atoms with Crippen molar-refractivity contribution in [3.63, 3.8) is 0 Å². The van der Waals surface area contributed by atoms with E-state index in [2.05, 4.69) is 5.32 Å². The molecule has 0 spiro atoms. The first-order chi connectivity index (χ1) is 7.75. The summed E-state index contributed by atoms with van der Waals surface area (Å²) in [6, 6.07) is 15.7. The minimum Gasteiger partial charge on any atom is -0.381 e. The zero-order chi connectivity index (χ0) is 11.4. The van der Waals surface area contributed by atoms with Gasteiger partial charge in [0.25, 0.3) is 0 Å². The van der Waals surface area contributed by atoms with Gasteiger partial charge in [0.15, 0.2) is 0 Å². The highest BCUT2D eigenvalue weighted by Gasteiger charge is 1.99. The molecule has 0 heterocycles. The van der Waals surface area contributed by atoms with Crippen LogP contribution in [0.15, 0.2) is 48.5 Å². The molecule has 2 aromatic rings. The lowest BCUT2D eigenvalue weighted by Gasteiger charge is -2.07. The van der Waals surface area contributed by atoms with Gasteiger partial charge in [-0.05, 0) is 29.8 Å². The predicted octanol–water partition coefficient (Wildman–Crippen LogP) is 5.03. The maximum absolute atomic E-state index is 5.94. The Bertz CT molecular complexity index is 471. The van der Waals surface area contributed by atoms with Crippen LogP contribution in [0.1, 0.15) is 5.56 Å². The Morgan fingerprint density at radius 2 is 1.59 bits per heavy atom.